The van der Waals surface area contributed by atoms with Gasteiger partial charge in [0.2, 0.25) is 10.0 Å². The van der Waals surface area contributed by atoms with Gasteiger partial charge < -0.3 is 4.42 Å². The molecule has 2 aromatic rings. The Bertz CT molecular complexity index is 742. The smallest absolute Gasteiger partial charge is 0.246 e. The summed E-state index contributed by atoms with van der Waals surface area (Å²) < 4.78 is 32.7. The maximum Gasteiger partial charge on any atom is 0.246 e. The van der Waals surface area contributed by atoms with Crippen molar-refractivity contribution in [2.75, 3.05) is 7.05 Å². The predicted octanol–water partition coefficient (Wildman–Crippen LogP) is 3.91. The van der Waals surface area contributed by atoms with Crippen LogP contribution >= 0.6 is 27.5 Å². The van der Waals surface area contributed by atoms with Gasteiger partial charge in [-0.2, -0.15) is 4.31 Å². The molecule has 0 aliphatic heterocycles. The van der Waals surface area contributed by atoms with Gasteiger partial charge in [0.15, 0.2) is 0 Å². The van der Waals surface area contributed by atoms with Crippen LogP contribution in [0.3, 0.4) is 0 Å². The SMILES string of the molecule is Cc1oc(CCl)cc1S(=O)(=O)N(C)Cc1ccccc1Br. The molecule has 0 saturated carbocycles. The van der Waals surface area contributed by atoms with Crippen LogP contribution in [0.25, 0.3) is 0 Å². The van der Waals surface area contributed by atoms with E-state index in [1.54, 1.807) is 14.0 Å². The number of benzene rings is 1. The summed E-state index contributed by atoms with van der Waals surface area (Å²) in [7, 11) is -2.07. The number of furan rings is 1. The number of halogens is 2. The molecule has 0 atom stereocenters. The van der Waals surface area contributed by atoms with E-state index in [1.807, 2.05) is 24.3 Å². The molecule has 0 aliphatic carbocycles. The van der Waals surface area contributed by atoms with Crippen molar-refractivity contribution in [3.8, 4) is 0 Å². The molecule has 2 rings (SSSR count). The maximum atomic E-state index is 12.6. The number of hydrogen-bond donors (Lipinski definition) is 0. The average molecular weight is 393 g/mol. The van der Waals surface area contributed by atoms with Crippen molar-refractivity contribution in [3.63, 3.8) is 0 Å². The zero-order valence-electron chi connectivity index (χ0n) is 11.6. The molecule has 0 spiro atoms. The third-order valence-corrected chi connectivity index (χ3v) is 6.04. The molecule has 1 heterocycles. The molecule has 0 aliphatic rings. The first-order valence-electron chi connectivity index (χ1n) is 6.21. The third-order valence-electron chi connectivity index (χ3n) is 3.09. The first-order chi connectivity index (χ1) is 9.86. The molecular weight excluding hydrogens is 378 g/mol. The third kappa shape index (κ3) is 3.51. The molecule has 0 radical (unpaired) electrons. The molecule has 0 unspecified atom stereocenters. The van der Waals surface area contributed by atoms with Gasteiger partial charge >= 0.3 is 0 Å². The fourth-order valence-corrected chi connectivity index (χ4v) is 3.84. The molecule has 0 fully saturated rings. The normalized spacial score (nSPS) is 12.0. The van der Waals surface area contributed by atoms with Crippen LogP contribution in [0.4, 0.5) is 0 Å². The number of hydrogen-bond acceptors (Lipinski definition) is 3. The highest BCUT2D eigenvalue weighted by atomic mass is 79.9. The fraction of sp³-hybridized carbons (Fsp3) is 0.286. The van der Waals surface area contributed by atoms with E-state index in [1.165, 1.54) is 10.4 Å². The van der Waals surface area contributed by atoms with Gasteiger partial charge in [0.05, 0.1) is 5.88 Å². The van der Waals surface area contributed by atoms with E-state index in [2.05, 4.69) is 15.9 Å². The van der Waals surface area contributed by atoms with E-state index in [-0.39, 0.29) is 17.3 Å². The molecule has 0 N–H and O–H groups in total. The lowest BCUT2D eigenvalue weighted by atomic mass is 10.2. The zero-order chi connectivity index (χ0) is 15.6. The molecule has 1 aromatic carbocycles. The van der Waals surface area contributed by atoms with Crippen LogP contribution in [0.5, 0.6) is 0 Å². The van der Waals surface area contributed by atoms with Crippen molar-refractivity contribution >= 4 is 37.6 Å². The van der Waals surface area contributed by atoms with Gasteiger partial charge in [-0.05, 0) is 18.6 Å². The minimum absolute atomic E-state index is 0.143. The van der Waals surface area contributed by atoms with Crippen LogP contribution in [-0.4, -0.2) is 19.8 Å². The van der Waals surface area contributed by atoms with Crippen molar-refractivity contribution in [2.24, 2.45) is 0 Å². The van der Waals surface area contributed by atoms with Crippen LogP contribution in [0.2, 0.25) is 0 Å². The summed E-state index contributed by atoms with van der Waals surface area (Å²) >= 11 is 9.10. The van der Waals surface area contributed by atoms with Crippen molar-refractivity contribution in [3.05, 3.63) is 51.9 Å². The van der Waals surface area contributed by atoms with Crippen LogP contribution in [0.1, 0.15) is 17.1 Å². The second kappa shape index (κ2) is 6.52. The lowest BCUT2D eigenvalue weighted by molar-refractivity contribution is 0.458. The monoisotopic (exact) mass is 391 g/mol. The highest BCUT2D eigenvalue weighted by Gasteiger charge is 2.26. The largest absolute Gasteiger partial charge is 0.464 e. The van der Waals surface area contributed by atoms with Crippen LogP contribution in [0.15, 0.2) is 44.1 Å². The molecule has 0 amide bonds. The Kier molecular flexibility index (Phi) is 5.14. The van der Waals surface area contributed by atoms with Crippen molar-refractivity contribution < 1.29 is 12.8 Å². The first kappa shape index (κ1) is 16.5. The molecular formula is C14H15BrClNO3S. The summed E-state index contributed by atoms with van der Waals surface area (Å²) in [6.07, 6.45) is 0. The molecule has 7 heteroatoms. The van der Waals surface area contributed by atoms with E-state index in [9.17, 15) is 8.42 Å². The van der Waals surface area contributed by atoms with Gasteiger partial charge in [0, 0.05) is 24.1 Å². The Morgan fingerprint density at radius 3 is 2.57 bits per heavy atom. The standard InChI is InChI=1S/C14H15BrClNO3S/c1-10-14(7-12(8-16)20-10)21(18,19)17(2)9-11-5-3-4-6-13(11)15/h3-7H,8-9H2,1-2H3. The van der Waals surface area contributed by atoms with E-state index < -0.39 is 10.0 Å². The first-order valence-corrected chi connectivity index (χ1v) is 8.98. The minimum Gasteiger partial charge on any atom is -0.464 e. The lowest BCUT2D eigenvalue weighted by Crippen LogP contribution is -2.26. The predicted molar refractivity (Wildman–Crippen MR) is 85.8 cm³/mol. The number of alkyl halides is 1. The lowest BCUT2D eigenvalue weighted by Gasteiger charge is -2.17. The Morgan fingerprint density at radius 2 is 2.00 bits per heavy atom. The highest BCUT2D eigenvalue weighted by Crippen LogP contribution is 2.26. The van der Waals surface area contributed by atoms with Gasteiger partial charge in [0.1, 0.15) is 16.4 Å². The number of aryl methyl sites for hydroxylation is 1. The summed E-state index contributed by atoms with van der Waals surface area (Å²) in [5.74, 6) is 0.941. The number of nitrogens with zero attached hydrogens (tertiary/aromatic N) is 1. The topological polar surface area (TPSA) is 50.5 Å². The Labute approximate surface area is 137 Å². The molecule has 21 heavy (non-hydrogen) atoms. The van der Waals surface area contributed by atoms with Crippen molar-refractivity contribution in [1.29, 1.82) is 0 Å². The van der Waals surface area contributed by atoms with Crippen molar-refractivity contribution in [1.82, 2.24) is 4.31 Å². The summed E-state index contributed by atoms with van der Waals surface area (Å²) in [5, 5.41) is 0. The number of sulfonamides is 1. The average Bonchev–Trinajstić information content (AvgIpc) is 2.83. The van der Waals surface area contributed by atoms with E-state index >= 15 is 0 Å². The van der Waals surface area contributed by atoms with Gasteiger partial charge in [-0.3, -0.25) is 0 Å². The second-order valence-corrected chi connectivity index (χ2v) is 7.75. The molecule has 4 nitrogen and oxygen atoms in total. The molecule has 1 aromatic heterocycles. The van der Waals surface area contributed by atoms with E-state index in [0.29, 0.717) is 11.5 Å². The van der Waals surface area contributed by atoms with Crippen LogP contribution < -0.4 is 0 Å². The summed E-state index contributed by atoms with van der Waals surface area (Å²) in [5.41, 5.74) is 0.891. The summed E-state index contributed by atoms with van der Waals surface area (Å²) in [6.45, 7) is 1.89. The van der Waals surface area contributed by atoms with E-state index in [4.69, 9.17) is 16.0 Å². The van der Waals surface area contributed by atoms with Gasteiger partial charge in [-0.1, -0.05) is 34.1 Å². The van der Waals surface area contributed by atoms with E-state index in [0.717, 1.165) is 10.0 Å². The Morgan fingerprint density at radius 1 is 1.33 bits per heavy atom. The Balaban J connectivity index is 2.30. The zero-order valence-corrected chi connectivity index (χ0v) is 14.8. The second-order valence-electron chi connectivity index (χ2n) is 4.62. The highest BCUT2D eigenvalue weighted by molar-refractivity contribution is 9.10. The van der Waals surface area contributed by atoms with Crippen molar-refractivity contribution in [2.45, 2.75) is 24.2 Å². The van der Waals surface area contributed by atoms with Gasteiger partial charge in [-0.15, -0.1) is 11.6 Å². The molecule has 0 bridgehead atoms. The van der Waals surface area contributed by atoms with Crippen LogP contribution in [0, 0.1) is 6.92 Å². The summed E-state index contributed by atoms with van der Waals surface area (Å²) in [4.78, 5) is 0.160. The minimum atomic E-state index is -3.61. The summed E-state index contributed by atoms with van der Waals surface area (Å²) in [6, 6.07) is 8.99. The molecule has 114 valence electrons. The van der Waals surface area contributed by atoms with Crippen LogP contribution in [-0.2, 0) is 22.4 Å². The van der Waals surface area contributed by atoms with Gasteiger partial charge in [-0.25, -0.2) is 8.42 Å². The number of rotatable bonds is 5. The quantitative estimate of drug-likeness (QED) is 0.725. The Hall–Kier alpha value is -0.820. The molecule has 0 saturated heterocycles. The van der Waals surface area contributed by atoms with Gasteiger partial charge in [0.25, 0.3) is 0 Å². The maximum absolute atomic E-state index is 12.6. The fourth-order valence-electron chi connectivity index (χ4n) is 1.97.